The highest BCUT2D eigenvalue weighted by Gasteiger charge is 2.16. The molecular formula is C17H18O4. The summed E-state index contributed by atoms with van der Waals surface area (Å²) in [5.74, 6) is 1.28. The average molecular weight is 286 g/mol. The molecule has 0 radical (unpaired) electrons. The Morgan fingerprint density at radius 3 is 2.33 bits per heavy atom. The lowest BCUT2D eigenvalue weighted by Crippen LogP contribution is -2.12. The van der Waals surface area contributed by atoms with Crippen molar-refractivity contribution < 1.29 is 19.0 Å². The van der Waals surface area contributed by atoms with Crippen LogP contribution >= 0.6 is 0 Å². The first-order valence-corrected chi connectivity index (χ1v) is 6.72. The normalized spacial score (nSPS) is 10.3. The molecule has 0 aliphatic rings. The monoisotopic (exact) mass is 286 g/mol. The molecule has 2 aromatic rings. The zero-order valence-corrected chi connectivity index (χ0v) is 12.3. The summed E-state index contributed by atoms with van der Waals surface area (Å²) in [7, 11) is 1.51. The zero-order chi connectivity index (χ0) is 15.2. The molecule has 0 aliphatic heterocycles. The highest BCUT2D eigenvalue weighted by molar-refractivity contribution is 5.93. The van der Waals surface area contributed by atoms with Crippen molar-refractivity contribution in [2.75, 3.05) is 7.11 Å². The van der Waals surface area contributed by atoms with Crippen molar-refractivity contribution in [3.8, 4) is 17.2 Å². The van der Waals surface area contributed by atoms with Gasteiger partial charge in [0.1, 0.15) is 22.8 Å². The Morgan fingerprint density at radius 2 is 1.71 bits per heavy atom. The number of para-hydroxylation sites is 1. The molecule has 0 amide bonds. The van der Waals surface area contributed by atoms with Gasteiger partial charge in [-0.3, -0.25) is 0 Å². The van der Waals surface area contributed by atoms with E-state index in [4.69, 9.17) is 14.2 Å². The third-order valence-corrected chi connectivity index (χ3v) is 2.71. The first-order valence-electron chi connectivity index (χ1n) is 6.72. The van der Waals surface area contributed by atoms with Crippen LogP contribution in [0, 0.1) is 0 Å². The Kier molecular flexibility index (Phi) is 4.82. The van der Waals surface area contributed by atoms with Crippen LogP contribution in [0.3, 0.4) is 0 Å². The van der Waals surface area contributed by atoms with Gasteiger partial charge in [-0.15, -0.1) is 0 Å². The second-order valence-corrected chi connectivity index (χ2v) is 4.73. The molecule has 0 unspecified atom stereocenters. The summed E-state index contributed by atoms with van der Waals surface area (Å²) in [4.78, 5) is 12.1. The molecule has 2 rings (SSSR count). The lowest BCUT2D eigenvalue weighted by Gasteiger charge is -2.13. The predicted molar refractivity (Wildman–Crippen MR) is 80.1 cm³/mol. The first-order chi connectivity index (χ1) is 10.1. The molecule has 21 heavy (non-hydrogen) atoms. The Balaban J connectivity index is 2.27. The SMILES string of the molecule is COc1ccc(Oc2ccccc2)cc1C(=O)OC(C)C. The van der Waals surface area contributed by atoms with Crippen molar-refractivity contribution in [3.05, 3.63) is 54.1 Å². The van der Waals surface area contributed by atoms with Gasteiger partial charge in [0.2, 0.25) is 0 Å². The van der Waals surface area contributed by atoms with Crippen LogP contribution in [0.2, 0.25) is 0 Å². The summed E-state index contributed by atoms with van der Waals surface area (Å²) in [5, 5.41) is 0. The molecule has 0 aromatic heterocycles. The predicted octanol–water partition coefficient (Wildman–Crippen LogP) is 4.05. The van der Waals surface area contributed by atoms with E-state index in [2.05, 4.69) is 0 Å². The van der Waals surface area contributed by atoms with Crippen LogP contribution in [0.5, 0.6) is 17.2 Å². The second-order valence-electron chi connectivity index (χ2n) is 4.73. The maximum Gasteiger partial charge on any atom is 0.342 e. The van der Waals surface area contributed by atoms with Gasteiger partial charge in [0.05, 0.1) is 13.2 Å². The van der Waals surface area contributed by atoms with Gasteiger partial charge in [0.25, 0.3) is 0 Å². The van der Waals surface area contributed by atoms with Gasteiger partial charge in [-0.25, -0.2) is 4.79 Å². The summed E-state index contributed by atoms with van der Waals surface area (Å²) in [5.41, 5.74) is 0.347. The maximum absolute atomic E-state index is 12.1. The number of esters is 1. The molecule has 0 aliphatic carbocycles. The topological polar surface area (TPSA) is 44.8 Å². The Morgan fingerprint density at radius 1 is 1.00 bits per heavy atom. The number of hydrogen-bond acceptors (Lipinski definition) is 4. The molecule has 0 saturated heterocycles. The molecule has 2 aromatic carbocycles. The van der Waals surface area contributed by atoms with Crippen LogP contribution in [0.1, 0.15) is 24.2 Å². The minimum absolute atomic E-state index is 0.194. The van der Waals surface area contributed by atoms with E-state index in [1.54, 1.807) is 32.0 Å². The molecule has 0 N–H and O–H groups in total. The lowest BCUT2D eigenvalue weighted by atomic mass is 10.2. The van der Waals surface area contributed by atoms with E-state index >= 15 is 0 Å². The van der Waals surface area contributed by atoms with Crippen molar-refractivity contribution in [1.29, 1.82) is 0 Å². The number of methoxy groups -OCH3 is 1. The Labute approximate surface area is 124 Å². The van der Waals surface area contributed by atoms with Crippen LogP contribution in [0.4, 0.5) is 0 Å². The number of carbonyl (C=O) groups excluding carboxylic acids is 1. The smallest absolute Gasteiger partial charge is 0.342 e. The van der Waals surface area contributed by atoms with Crippen molar-refractivity contribution in [1.82, 2.24) is 0 Å². The standard InChI is InChI=1S/C17H18O4/c1-12(2)20-17(18)15-11-14(9-10-16(15)19-3)21-13-7-5-4-6-8-13/h4-12H,1-3H3. The summed E-state index contributed by atoms with van der Waals surface area (Å²) < 4.78 is 16.1. The van der Waals surface area contributed by atoms with Crippen molar-refractivity contribution >= 4 is 5.97 Å². The maximum atomic E-state index is 12.1. The number of ether oxygens (including phenoxy) is 3. The van der Waals surface area contributed by atoms with Gasteiger partial charge >= 0.3 is 5.97 Å². The minimum atomic E-state index is -0.430. The number of benzene rings is 2. The lowest BCUT2D eigenvalue weighted by molar-refractivity contribution is 0.0374. The fourth-order valence-electron chi connectivity index (χ4n) is 1.81. The zero-order valence-electron chi connectivity index (χ0n) is 12.3. The van der Waals surface area contributed by atoms with Crippen molar-refractivity contribution in [2.45, 2.75) is 20.0 Å². The molecule has 0 saturated carbocycles. The average Bonchev–Trinajstić information content (AvgIpc) is 2.47. The molecule has 0 spiro atoms. The van der Waals surface area contributed by atoms with E-state index in [9.17, 15) is 4.79 Å². The molecule has 0 heterocycles. The summed E-state index contributed by atoms with van der Waals surface area (Å²) in [6.45, 7) is 3.60. The Bertz CT molecular complexity index is 605. The third kappa shape index (κ3) is 3.99. The first kappa shape index (κ1) is 14.9. The van der Waals surface area contributed by atoms with Gasteiger partial charge in [0, 0.05) is 0 Å². The summed E-state index contributed by atoms with van der Waals surface area (Å²) in [6.07, 6.45) is -0.194. The third-order valence-electron chi connectivity index (χ3n) is 2.71. The molecular weight excluding hydrogens is 268 g/mol. The van der Waals surface area contributed by atoms with Gasteiger partial charge < -0.3 is 14.2 Å². The van der Waals surface area contributed by atoms with Crippen LogP contribution in [0.15, 0.2) is 48.5 Å². The van der Waals surface area contributed by atoms with Gasteiger partial charge in [0.15, 0.2) is 0 Å². The number of rotatable bonds is 5. The molecule has 0 bridgehead atoms. The van der Waals surface area contributed by atoms with Crippen LogP contribution in [-0.4, -0.2) is 19.2 Å². The second kappa shape index (κ2) is 6.79. The largest absolute Gasteiger partial charge is 0.496 e. The van der Waals surface area contributed by atoms with E-state index in [1.165, 1.54) is 7.11 Å². The van der Waals surface area contributed by atoms with Crippen LogP contribution in [-0.2, 0) is 4.74 Å². The van der Waals surface area contributed by atoms with Crippen LogP contribution in [0.25, 0.3) is 0 Å². The quantitative estimate of drug-likeness (QED) is 0.778. The summed E-state index contributed by atoms with van der Waals surface area (Å²) in [6, 6.07) is 14.4. The highest BCUT2D eigenvalue weighted by Crippen LogP contribution is 2.28. The van der Waals surface area contributed by atoms with E-state index in [0.717, 1.165) is 0 Å². The molecule has 110 valence electrons. The van der Waals surface area contributed by atoms with E-state index < -0.39 is 5.97 Å². The van der Waals surface area contributed by atoms with Gasteiger partial charge in [-0.2, -0.15) is 0 Å². The molecule has 4 heteroatoms. The number of hydrogen-bond donors (Lipinski definition) is 0. The highest BCUT2D eigenvalue weighted by atomic mass is 16.5. The van der Waals surface area contributed by atoms with Crippen molar-refractivity contribution in [2.24, 2.45) is 0 Å². The van der Waals surface area contributed by atoms with E-state index in [0.29, 0.717) is 22.8 Å². The Hall–Kier alpha value is -2.49. The van der Waals surface area contributed by atoms with Crippen LogP contribution < -0.4 is 9.47 Å². The summed E-state index contributed by atoms with van der Waals surface area (Å²) >= 11 is 0. The molecule has 0 fully saturated rings. The van der Waals surface area contributed by atoms with Gasteiger partial charge in [-0.1, -0.05) is 18.2 Å². The van der Waals surface area contributed by atoms with E-state index in [-0.39, 0.29) is 6.10 Å². The molecule has 4 nitrogen and oxygen atoms in total. The fraction of sp³-hybridized carbons (Fsp3) is 0.235. The van der Waals surface area contributed by atoms with Crippen molar-refractivity contribution in [3.63, 3.8) is 0 Å². The fourth-order valence-corrected chi connectivity index (χ4v) is 1.81. The van der Waals surface area contributed by atoms with Gasteiger partial charge in [-0.05, 0) is 44.2 Å². The minimum Gasteiger partial charge on any atom is -0.496 e. The molecule has 0 atom stereocenters. The number of carbonyl (C=O) groups is 1. The van der Waals surface area contributed by atoms with E-state index in [1.807, 2.05) is 30.3 Å².